The number of nitrogens with zero attached hydrogens (tertiary/aromatic N) is 2. The summed E-state index contributed by atoms with van der Waals surface area (Å²) in [6, 6.07) is 0. The lowest BCUT2D eigenvalue weighted by molar-refractivity contribution is -0.696. The smallest absolute Gasteiger partial charge is 0.460 e. The van der Waals surface area contributed by atoms with E-state index in [-0.39, 0.29) is 5.97 Å². The maximum atomic E-state index is 12.2. The lowest BCUT2D eigenvalue weighted by Gasteiger charge is -2.34. The molecule has 0 aromatic carbocycles. The third kappa shape index (κ3) is 10.9. The number of carbonyl (C=O) groups is 1. The highest BCUT2D eigenvalue weighted by atomic mass is 32.2. The van der Waals surface area contributed by atoms with Gasteiger partial charge in [-0.1, -0.05) is 39.2 Å². The van der Waals surface area contributed by atoms with Crippen molar-refractivity contribution in [3.05, 3.63) is 30.9 Å². The summed E-state index contributed by atoms with van der Waals surface area (Å²) in [5.41, 5.74) is 0.478. The van der Waals surface area contributed by atoms with Crippen molar-refractivity contribution >= 4 is 16.1 Å². The van der Waals surface area contributed by atoms with E-state index in [9.17, 15) is 57.3 Å². The number of imidazole rings is 1. The highest BCUT2D eigenvalue weighted by Gasteiger charge is 2.83. The number of hydrogen-bond donors (Lipinski definition) is 0. The lowest BCUT2D eigenvalue weighted by atomic mass is 10.1. The largest absolute Gasteiger partial charge is 0.743 e. The third-order valence-electron chi connectivity index (χ3n) is 5.34. The fraction of sp³-hybridized carbons (Fsp3) is 0.739. The molecule has 0 fully saturated rings. The van der Waals surface area contributed by atoms with Gasteiger partial charge in [0.2, 0.25) is 6.33 Å². The van der Waals surface area contributed by atoms with E-state index < -0.39 is 33.4 Å². The molecule has 0 aliphatic heterocycles. The van der Waals surface area contributed by atoms with Gasteiger partial charge in [0.05, 0.1) is 19.7 Å². The summed E-state index contributed by atoms with van der Waals surface area (Å²) in [5.74, 6) is -15.1. The van der Waals surface area contributed by atoms with Crippen molar-refractivity contribution in [1.29, 1.82) is 0 Å². The molecule has 0 radical (unpaired) electrons. The van der Waals surface area contributed by atoms with Gasteiger partial charge in [-0.15, -0.1) is 0 Å². The molecular formula is C23H33F9N2O5S. The van der Waals surface area contributed by atoms with Gasteiger partial charge in [0.15, 0.2) is 10.1 Å². The Morgan fingerprint density at radius 2 is 1.45 bits per heavy atom. The maximum absolute atomic E-state index is 12.2. The van der Waals surface area contributed by atoms with Crippen LogP contribution in [0.1, 0.15) is 65.2 Å². The van der Waals surface area contributed by atoms with Crippen molar-refractivity contribution < 1.29 is 66.6 Å². The zero-order chi connectivity index (χ0) is 31.4. The van der Waals surface area contributed by atoms with Gasteiger partial charge in [-0.2, -0.15) is 39.5 Å². The molecule has 0 spiro atoms. The number of carbonyl (C=O) groups excluding carboxylic acids is 1. The molecule has 7 nitrogen and oxygen atoms in total. The molecule has 0 bridgehead atoms. The van der Waals surface area contributed by atoms with E-state index in [2.05, 4.69) is 41.4 Å². The predicted octanol–water partition coefficient (Wildman–Crippen LogP) is 5.99. The van der Waals surface area contributed by atoms with Gasteiger partial charge in [-0.3, -0.25) is 0 Å². The molecule has 234 valence electrons. The van der Waals surface area contributed by atoms with Crippen LogP contribution in [-0.2, 0) is 32.7 Å². The van der Waals surface area contributed by atoms with Crippen LogP contribution in [-0.4, -0.2) is 53.4 Å². The summed E-state index contributed by atoms with van der Waals surface area (Å²) in [6.07, 6.45) is 8.92. The summed E-state index contributed by atoms with van der Waals surface area (Å²) in [7, 11) is -7.42. The summed E-state index contributed by atoms with van der Waals surface area (Å²) < 4.78 is 145. The summed E-state index contributed by atoms with van der Waals surface area (Å²) >= 11 is 0. The SMILES string of the molecule is C=C(C)C(=O)OCCCCCCCC[n+]1ccn(CCCC)c1.O=S(=O)([O-])C(F)(F)C(F)(F)C(F)(F)C(F)(F)F. The number of aromatic nitrogens is 2. The molecule has 0 aliphatic rings. The highest BCUT2D eigenvalue weighted by Crippen LogP contribution is 2.54. The van der Waals surface area contributed by atoms with Crippen LogP contribution in [0.15, 0.2) is 30.9 Å². The Hall–Kier alpha value is -2.30. The molecule has 0 unspecified atom stereocenters. The van der Waals surface area contributed by atoms with Gasteiger partial charge < -0.3 is 9.29 Å². The number of halogens is 9. The average molecular weight is 621 g/mol. The van der Waals surface area contributed by atoms with Crippen LogP contribution in [0.4, 0.5) is 39.5 Å². The summed E-state index contributed by atoms with van der Waals surface area (Å²) in [4.78, 5) is 11.2. The van der Waals surface area contributed by atoms with Gasteiger partial charge in [0, 0.05) is 5.57 Å². The first-order chi connectivity index (χ1) is 18.1. The molecule has 0 amide bonds. The molecule has 1 rings (SSSR count). The van der Waals surface area contributed by atoms with E-state index in [1.807, 2.05) is 0 Å². The zero-order valence-electron chi connectivity index (χ0n) is 22.0. The topological polar surface area (TPSA) is 92.3 Å². The second kappa shape index (κ2) is 15.6. The van der Waals surface area contributed by atoms with Crippen LogP contribution >= 0.6 is 0 Å². The first-order valence-corrected chi connectivity index (χ1v) is 13.6. The number of aryl methyl sites for hydroxylation is 2. The van der Waals surface area contributed by atoms with E-state index in [0.29, 0.717) is 12.2 Å². The number of esters is 1. The molecule has 0 saturated carbocycles. The Labute approximate surface area is 226 Å². The number of hydrogen-bond acceptors (Lipinski definition) is 5. The van der Waals surface area contributed by atoms with Crippen LogP contribution in [0, 0.1) is 0 Å². The van der Waals surface area contributed by atoms with E-state index in [0.717, 1.165) is 25.9 Å². The van der Waals surface area contributed by atoms with Gasteiger partial charge in [0.1, 0.15) is 12.4 Å². The standard InChI is InChI=1S/C19H33N2O2.C4HF9O3S/c1-4-5-12-20-14-15-21(17-20)13-10-8-6-7-9-11-16-23-19(22)18(2)3;5-1(6,3(9,10)11)2(7,8)4(12,13)17(14,15)16/h14-15,17H,2,4-13,16H2,1,3H3;(H,14,15,16)/q+1;/p-1. The summed E-state index contributed by atoms with van der Waals surface area (Å²) in [5, 5.41) is -7.11. The number of rotatable bonds is 16. The van der Waals surface area contributed by atoms with Gasteiger partial charge in [0.25, 0.3) is 0 Å². The van der Waals surface area contributed by atoms with Crippen molar-refractivity contribution in [1.82, 2.24) is 4.57 Å². The van der Waals surface area contributed by atoms with Crippen LogP contribution in [0.3, 0.4) is 0 Å². The second-order valence-corrected chi connectivity index (χ2v) is 10.3. The first-order valence-electron chi connectivity index (χ1n) is 12.2. The van der Waals surface area contributed by atoms with Crippen LogP contribution in [0.25, 0.3) is 0 Å². The van der Waals surface area contributed by atoms with Crippen LogP contribution in [0.5, 0.6) is 0 Å². The van der Waals surface area contributed by atoms with E-state index in [4.69, 9.17) is 4.74 Å². The van der Waals surface area contributed by atoms with Crippen molar-refractivity contribution in [2.75, 3.05) is 6.61 Å². The molecule has 1 aromatic rings. The summed E-state index contributed by atoms with van der Waals surface area (Å²) in [6.45, 7) is 10.2. The Morgan fingerprint density at radius 3 is 1.93 bits per heavy atom. The van der Waals surface area contributed by atoms with Crippen molar-refractivity contribution in [2.24, 2.45) is 0 Å². The molecule has 1 aromatic heterocycles. The van der Waals surface area contributed by atoms with E-state index in [1.165, 1.54) is 38.5 Å². The normalized spacial score (nSPS) is 13.0. The molecule has 1 heterocycles. The van der Waals surface area contributed by atoms with Crippen molar-refractivity contribution in [3.63, 3.8) is 0 Å². The fourth-order valence-corrected chi connectivity index (χ4v) is 3.40. The molecule has 40 heavy (non-hydrogen) atoms. The molecule has 0 aliphatic carbocycles. The van der Waals surface area contributed by atoms with E-state index >= 15 is 0 Å². The van der Waals surface area contributed by atoms with E-state index in [1.54, 1.807) is 6.92 Å². The molecule has 0 N–H and O–H groups in total. The van der Waals surface area contributed by atoms with Gasteiger partial charge >= 0.3 is 29.2 Å². The number of ether oxygens (including phenoxy) is 1. The van der Waals surface area contributed by atoms with Gasteiger partial charge in [-0.05, 0) is 32.6 Å². The van der Waals surface area contributed by atoms with Gasteiger partial charge in [-0.25, -0.2) is 22.3 Å². The minimum atomic E-state index is -7.43. The van der Waals surface area contributed by atoms with Crippen molar-refractivity contribution in [2.45, 2.75) is 102 Å². The quantitative estimate of drug-likeness (QED) is 0.0565. The number of alkyl halides is 9. The van der Waals surface area contributed by atoms with Crippen LogP contribution in [0.2, 0.25) is 0 Å². The zero-order valence-corrected chi connectivity index (χ0v) is 22.8. The Kier molecular flexibility index (Phi) is 14.7. The average Bonchev–Trinajstić information content (AvgIpc) is 3.27. The molecule has 0 atom stereocenters. The predicted molar refractivity (Wildman–Crippen MR) is 124 cm³/mol. The lowest BCUT2D eigenvalue weighted by Crippen LogP contribution is -2.63. The molecular weight excluding hydrogens is 587 g/mol. The second-order valence-electron chi connectivity index (χ2n) is 8.90. The minimum Gasteiger partial charge on any atom is -0.743 e. The van der Waals surface area contributed by atoms with Crippen LogP contribution < -0.4 is 4.57 Å². The Bertz CT molecular complexity index is 1040. The van der Waals surface area contributed by atoms with Crippen molar-refractivity contribution in [3.8, 4) is 0 Å². The number of unbranched alkanes of at least 4 members (excludes halogenated alkanes) is 6. The first kappa shape index (κ1) is 37.7. The Morgan fingerprint density at radius 1 is 0.925 bits per heavy atom. The Balaban J connectivity index is 0.000000799. The molecule has 0 saturated heterocycles. The fourth-order valence-electron chi connectivity index (χ4n) is 2.95. The maximum Gasteiger partial charge on any atom is 0.460 e. The minimum absolute atomic E-state index is 0.270. The molecule has 17 heteroatoms. The highest BCUT2D eigenvalue weighted by molar-refractivity contribution is 7.86. The third-order valence-corrected chi connectivity index (χ3v) is 6.22. The monoisotopic (exact) mass is 620 g/mol.